The van der Waals surface area contributed by atoms with Gasteiger partial charge in [-0.3, -0.25) is 33.7 Å². The number of hydrogen-bond donors (Lipinski definition) is 12. The molecule has 0 heterocycles. The lowest BCUT2D eigenvalue weighted by molar-refractivity contribution is -0.144. The Morgan fingerprint density at radius 2 is 1.24 bits per heavy atom. The lowest BCUT2D eigenvalue weighted by Crippen LogP contribution is -2.60. The zero-order valence-electron chi connectivity index (χ0n) is 26.2. The van der Waals surface area contributed by atoms with E-state index in [-0.39, 0.29) is 44.3 Å². The van der Waals surface area contributed by atoms with E-state index in [4.69, 9.17) is 28.7 Å². The van der Waals surface area contributed by atoms with E-state index in [0.29, 0.717) is 6.42 Å². The summed E-state index contributed by atoms with van der Waals surface area (Å²) in [5.41, 5.74) is 27.1. The maximum absolute atomic E-state index is 13.2. The fourth-order valence-electron chi connectivity index (χ4n) is 3.79. The summed E-state index contributed by atoms with van der Waals surface area (Å²) >= 11 is 0. The van der Waals surface area contributed by atoms with Gasteiger partial charge in [0, 0.05) is 13.1 Å². The summed E-state index contributed by atoms with van der Waals surface area (Å²) in [6.07, 6.45) is -0.842. The summed E-state index contributed by atoms with van der Waals surface area (Å²) in [7, 11) is -5.16. The third kappa shape index (κ3) is 17.4. The number of guanidine groups is 2. The van der Waals surface area contributed by atoms with Crippen molar-refractivity contribution in [3.63, 3.8) is 0 Å². The van der Waals surface area contributed by atoms with Gasteiger partial charge in [0.2, 0.25) is 23.6 Å². The van der Waals surface area contributed by atoms with Crippen LogP contribution in [-0.2, 0) is 33.1 Å². The van der Waals surface area contributed by atoms with E-state index in [1.54, 1.807) is 0 Å². The number of carboxylic acids is 1. The van der Waals surface area contributed by atoms with Crippen molar-refractivity contribution in [2.24, 2.45) is 44.6 Å². The number of aliphatic carboxylic acids is 1. The lowest BCUT2D eigenvalue weighted by Gasteiger charge is -2.28. The molecule has 4 amide bonds. The van der Waals surface area contributed by atoms with Crippen LogP contribution >= 0.6 is 7.82 Å². The molecule has 0 saturated carbocycles. The number of carbonyl (C=O) groups is 5. The molecule has 0 aromatic rings. The topological polar surface area (TPSA) is 375 Å². The van der Waals surface area contributed by atoms with Crippen molar-refractivity contribution in [1.82, 2.24) is 21.3 Å². The van der Waals surface area contributed by atoms with Gasteiger partial charge in [-0.1, -0.05) is 13.8 Å². The highest BCUT2D eigenvalue weighted by atomic mass is 31.2. The molecule has 0 rings (SSSR count). The highest BCUT2D eigenvalue weighted by molar-refractivity contribution is 7.46. The fraction of sp³-hybridized carbons (Fsp3) is 0.708. The predicted octanol–water partition coefficient (Wildman–Crippen LogP) is -4.38. The molecule has 264 valence electrons. The molecule has 0 aliphatic carbocycles. The zero-order chi connectivity index (χ0) is 35.8. The summed E-state index contributed by atoms with van der Waals surface area (Å²) < 4.78 is 16.0. The van der Waals surface area contributed by atoms with Crippen LogP contribution in [0, 0.1) is 5.92 Å². The van der Waals surface area contributed by atoms with Gasteiger partial charge >= 0.3 is 13.8 Å². The monoisotopic (exact) mass is 681 g/mol. The minimum atomic E-state index is -5.16. The Morgan fingerprint density at radius 3 is 1.70 bits per heavy atom. The third-order valence-electron chi connectivity index (χ3n) is 6.22. The average molecular weight is 682 g/mol. The Kier molecular flexibility index (Phi) is 18.4. The number of aliphatic imine (C=N–C) groups is 2. The molecule has 0 unspecified atom stereocenters. The van der Waals surface area contributed by atoms with Crippen LogP contribution in [0.5, 0.6) is 0 Å². The first-order chi connectivity index (χ1) is 21.2. The van der Waals surface area contributed by atoms with Gasteiger partial charge in [0.15, 0.2) is 11.9 Å². The van der Waals surface area contributed by atoms with Gasteiger partial charge in [0.1, 0.15) is 24.2 Å². The Labute approximate surface area is 266 Å². The van der Waals surface area contributed by atoms with Gasteiger partial charge in [0.25, 0.3) is 0 Å². The lowest BCUT2D eigenvalue weighted by atomic mass is 10.0. The second kappa shape index (κ2) is 20.2. The summed E-state index contributed by atoms with van der Waals surface area (Å²) in [6, 6.07) is -6.83. The van der Waals surface area contributed by atoms with E-state index in [1.807, 2.05) is 0 Å². The average Bonchev–Trinajstić information content (AvgIpc) is 2.91. The van der Waals surface area contributed by atoms with Gasteiger partial charge < -0.3 is 64.8 Å². The number of phosphoric ester groups is 1. The Bertz CT molecular complexity index is 1160. The zero-order valence-corrected chi connectivity index (χ0v) is 27.1. The number of nitrogens with one attached hydrogen (secondary N) is 4. The molecule has 21 nitrogen and oxygen atoms in total. The van der Waals surface area contributed by atoms with Gasteiger partial charge in [0.05, 0.1) is 12.1 Å². The van der Waals surface area contributed by atoms with Crippen LogP contribution < -0.4 is 49.9 Å². The van der Waals surface area contributed by atoms with Crippen LogP contribution in [0.25, 0.3) is 0 Å². The quantitative estimate of drug-likeness (QED) is 0.0235. The summed E-state index contributed by atoms with van der Waals surface area (Å²) in [6.45, 7) is 5.66. The molecule has 6 atom stereocenters. The van der Waals surface area contributed by atoms with Crippen LogP contribution in [0.2, 0.25) is 0 Å². The highest BCUT2D eigenvalue weighted by Gasteiger charge is 2.36. The molecule has 0 aromatic carbocycles. The van der Waals surface area contributed by atoms with Crippen molar-refractivity contribution >= 4 is 49.3 Å². The first-order valence-corrected chi connectivity index (χ1v) is 15.7. The molecule has 17 N–H and O–H groups in total. The normalized spacial score (nSPS) is 15.2. The number of hydrogen-bond acceptors (Lipinski definition) is 10. The molecule has 0 aromatic heterocycles. The smallest absolute Gasteiger partial charge is 0.469 e. The second-order valence-corrected chi connectivity index (χ2v) is 11.8. The van der Waals surface area contributed by atoms with Crippen molar-refractivity contribution in [2.75, 3.05) is 13.1 Å². The van der Waals surface area contributed by atoms with E-state index in [2.05, 4.69) is 35.8 Å². The summed E-state index contributed by atoms with van der Waals surface area (Å²) in [5.74, 6) is -5.91. The molecule has 0 bridgehead atoms. The van der Waals surface area contributed by atoms with Crippen molar-refractivity contribution in [3.05, 3.63) is 0 Å². The molecule has 0 saturated heterocycles. The number of rotatable bonds is 21. The number of amides is 4. The highest BCUT2D eigenvalue weighted by Crippen LogP contribution is 2.38. The molecule has 0 spiro atoms. The van der Waals surface area contributed by atoms with E-state index >= 15 is 0 Å². The largest absolute Gasteiger partial charge is 0.480 e. The number of nitrogens with zero attached hydrogens (tertiary/aromatic N) is 2. The molecule has 0 aliphatic rings. The molecule has 0 radical (unpaired) electrons. The van der Waals surface area contributed by atoms with Crippen LogP contribution in [0.4, 0.5) is 0 Å². The Morgan fingerprint density at radius 1 is 0.739 bits per heavy atom. The summed E-state index contributed by atoms with van der Waals surface area (Å²) in [4.78, 5) is 89.6. The first kappa shape index (κ1) is 42.0. The van der Waals surface area contributed by atoms with Crippen LogP contribution in [0.15, 0.2) is 9.98 Å². The van der Waals surface area contributed by atoms with Crippen LogP contribution in [0.1, 0.15) is 53.4 Å². The molecule has 46 heavy (non-hydrogen) atoms. The Balaban J connectivity index is 5.79. The van der Waals surface area contributed by atoms with E-state index < -0.39 is 79.7 Å². The van der Waals surface area contributed by atoms with E-state index in [1.165, 1.54) is 20.8 Å². The molecule has 0 aliphatic heterocycles. The van der Waals surface area contributed by atoms with E-state index in [9.17, 15) is 43.4 Å². The number of carboxylic acid groups (broad SMARTS) is 1. The van der Waals surface area contributed by atoms with Gasteiger partial charge in [-0.2, -0.15) is 0 Å². The Hall–Kier alpha value is -4.04. The summed E-state index contributed by atoms with van der Waals surface area (Å²) in [5, 5.41) is 18.7. The van der Waals surface area contributed by atoms with Crippen molar-refractivity contribution < 1.29 is 48.0 Å². The first-order valence-electron chi connectivity index (χ1n) is 14.2. The third-order valence-corrected chi connectivity index (χ3v) is 6.83. The van der Waals surface area contributed by atoms with Gasteiger partial charge in [-0.15, -0.1) is 0 Å². The standard InChI is InChI=1S/C24H48N11O10P/c1-11(2)16(22(40)41)34-21(39)17(13(4)45-46(42,43)44)35-18(36)12(3)32-20(38)15(8-6-10-31-24(28)29)33-19(37)14(25)7-5-9-30-23(26)27/h11-17H,5-10,25H2,1-4H3,(H,32,38)(H,33,37)(H,34,39)(H,35,36)(H,40,41)(H4,26,27,30)(H4,28,29,31)(H2,42,43,44)/t12-,13+,14-,15-,16-,17-/m0/s1. The maximum Gasteiger partial charge on any atom is 0.469 e. The second-order valence-electron chi connectivity index (χ2n) is 10.7. The molecular weight excluding hydrogens is 633 g/mol. The maximum atomic E-state index is 13.2. The van der Waals surface area contributed by atoms with Crippen LogP contribution in [0.3, 0.4) is 0 Å². The predicted molar refractivity (Wildman–Crippen MR) is 166 cm³/mol. The van der Waals surface area contributed by atoms with Crippen molar-refractivity contribution in [3.8, 4) is 0 Å². The molecule has 22 heteroatoms. The van der Waals surface area contributed by atoms with Gasteiger partial charge in [-0.25, -0.2) is 9.36 Å². The molecule has 0 fully saturated rings. The minimum Gasteiger partial charge on any atom is -0.480 e. The van der Waals surface area contributed by atoms with Crippen molar-refractivity contribution in [2.45, 2.75) is 89.7 Å². The number of phosphoric acid groups is 1. The number of nitrogens with two attached hydrogens (primary N) is 5. The van der Waals surface area contributed by atoms with E-state index in [0.717, 1.165) is 6.92 Å². The fourth-order valence-corrected chi connectivity index (χ4v) is 4.34. The SMILES string of the molecule is CC(C)[C@H](NC(=O)[C@@H](NC(=O)[C@H](C)NC(=O)[C@H](CCCN=C(N)N)NC(=O)[C@@H](N)CCCN=C(N)N)[C@@H](C)OP(=O)(O)O)C(=O)O. The minimum absolute atomic E-state index is 0.0212. The molecular formula is C24H48N11O10P. The van der Waals surface area contributed by atoms with Crippen molar-refractivity contribution in [1.29, 1.82) is 0 Å². The number of carbonyl (C=O) groups excluding carboxylic acids is 4. The van der Waals surface area contributed by atoms with Crippen LogP contribution in [-0.4, -0.2) is 106 Å². The van der Waals surface area contributed by atoms with Gasteiger partial charge in [-0.05, 0) is 45.4 Å².